The second kappa shape index (κ2) is 5.98. The highest BCUT2D eigenvalue weighted by Gasteiger charge is 2.17. The predicted octanol–water partition coefficient (Wildman–Crippen LogP) is 2.44. The van der Waals surface area contributed by atoms with E-state index in [2.05, 4.69) is 28.0 Å². The highest BCUT2D eigenvalue weighted by molar-refractivity contribution is 9.10. The molecule has 0 unspecified atom stereocenters. The maximum absolute atomic E-state index is 5.92. The smallest absolute Gasteiger partial charge is 0.0900 e. The molecule has 0 saturated carbocycles. The number of ether oxygens (including phenoxy) is 2. The van der Waals surface area contributed by atoms with Gasteiger partial charge in [-0.25, -0.2) is 0 Å². The van der Waals surface area contributed by atoms with Crippen LogP contribution in [0.4, 0.5) is 0 Å². The molecule has 1 fully saturated rings. The van der Waals surface area contributed by atoms with Crippen LogP contribution in [-0.2, 0) is 29.5 Å². The third-order valence-corrected chi connectivity index (χ3v) is 4.04. The Morgan fingerprint density at radius 1 is 1.47 bits per heavy atom. The SMILES string of the molecule is CCc1nn(C)c(COC2CCOCC2)c1Br. The molecule has 0 radical (unpaired) electrons. The average molecular weight is 303 g/mol. The number of nitrogens with zero attached hydrogens (tertiary/aromatic N) is 2. The summed E-state index contributed by atoms with van der Waals surface area (Å²) in [6.07, 6.45) is 3.26. The van der Waals surface area contributed by atoms with E-state index < -0.39 is 0 Å². The summed E-state index contributed by atoms with van der Waals surface area (Å²) >= 11 is 3.60. The molecule has 0 N–H and O–H groups in total. The molecule has 1 saturated heterocycles. The standard InChI is InChI=1S/C12H19BrN2O2/c1-3-10-12(13)11(15(2)14-10)8-17-9-4-6-16-7-5-9/h9H,3-8H2,1-2H3. The fourth-order valence-corrected chi connectivity index (χ4v) is 2.75. The van der Waals surface area contributed by atoms with Gasteiger partial charge in [-0.3, -0.25) is 4.68 Å². The van der Waals surface area contributed by atoms with Gasteiger partial charge in [-0.2, -0.15) is 5.10 Å². The van der Waals surface area contributed by atoms with Crippen molar-refractivity contribution >= 4 is 15.9 Å². The number of aryl methyl sites for hydroxylation is 2. The van der Waals surface area contributed by atoms with Gasteiger partial charge in [-0.1, -0.05) is 6.92 Å². The van der Waals surface area contributed by atoms with Crippen LogP contribution in [0.15, 0.2) is 4.47 Å². The lowest BCUT2D eigenvalue weighted by Crippen LogP contribution is -2.23. The van der Waals surface area contributed by atoms with Crippen LogP contribution in [0.2, 0.25) is 0 Å². The van der Waals surface area contributed by atoms with Crippen molar-refractivity contribution < 1.29 is 9.47 Å². The van der Waals surface area contributed by atoms with Crippen LogP contribution in [-0.4, -0.2) is 29.1 Å². The lowest BCUT2D eigenvalue weighted by Gasteiger charge is -2.22. The van der Waals surface area contributed by atoms with Crippen LogP contribution in [0, 0.1) is 0 Å². The summed E-state index contributed by atoms with van der Waals surface area (Å²) in [6.45, 7) is 4.36. The third kappa shape index (κ3) is 3.09. The van der Waals surface area contributed by atoms with Crippen molar-refractivity contribution in [1.82, 2.24) is 9.78 Å². The zero-order valence-electron chi connectivity index (χ0n) is 10.4. The summed E-state index contributed by atoms with van der Waals surface area (Å²) in [5, 5.41) is 4.46. The first-order valence-electron chi connectivity index (χ1n) is 6.12. The van der Waals surface area contributed by atoms with E-state index >= 15 is 0 Å². The molecule has 0 amide bonds. The number of hydrogen-bond donors (Lipinski definition) is 0. The van der Waals surface area contributed by atoms with Gasteiger partial charge in [-0.05, 0) is 35.2 Å². The number of rotatable bonds is 4. The third-order valence-electron chi connectivity index (χ3n) is 3.13. The summed E-state index contributed by atoms with van der Waals surface area (Å²) in [7, 11) is 1.96. The quantitative estimate of drug-likeness (QED) is 0.857. The van der Waals surface area contributed by atoms with Crippen molar-refractivity contribution in [2.24, 2.45) is 7.05 Å². The Labute approximate surface area is 110 Å². The van der Waals surface area contributed by atoms with Crippen LogP contribution in [0.3, 0.4) is 0 Å². The molecule has 96 valence electrons. The fourth-order valence-electron chi connectivity index (χ4n) is 2.02. The summed E-state index contributed by atoms with van der Waals surface area (Å²) < 4.78 is 14.2. The first kappa shape index (κ1) is 13.1. The lowest BCUT2D eigenvalue weighted by atomic mass is 10.1. The van der Waals surface area contributed by atoms with Gasteiger partial charge in [0.1, 0.15) is 0 Å². The summed E-state index contributed by atoms with van der Waals surface area (Å²) in [5.41, 5.74) is 2.21. The van der Waals surface area contributed by atoms with Crippen LogP contribution < -0.4 is 0 Å². The van der Waals surface area contributed by atoms with Gasteiger partial charge in [0, 0.05) is 20.3 Å². The largest absolute Gasteiger partial charge is 0.381 e. The van der Waals surface area contributed by atoms with Crippen molar-refractivity contribution in [3.8, 4) is 0 Å². The Morgan fingerprint density at radius 2 is 2.18 bits per heavy atom. The van der Waals surface area contributed by atoms with E-state index in [1.165, 1.54) is 0 Å². The summed E-state index contributed by atoms with van der Waals surface area (Å²) in [5.74, 6) is 0. The molecule has 2 heterocycles. The summed E-state index contributed by atoms with van der Waals surface area (Å²) in [4.78, 5) is 0. The first-order chi connectivity index (χ1) is 8.22. The monoisotopic (exact) mass is 302 g/mol. The van der Waals surface area contributed by atoms with Crippen molar-refractivity contribution in [2.75, 3.05) is 13.2 Å². The average Bonchev–Trinajstić information content (AvgIpc) is 2.63. The second-order valence-corrected chi connectivity index (χ2v) is 5.10. The minimum Gasteiger partial charge on any atom is -0.381 e. The number of hydrogen-bond acceptors (Lipinski definition) is 3. The molecule has 1 aliphatic heterocycles. The molecule has 1 aromatic rings. The lowest BCUT2D eigenvalue weighted by molar-refractivity contribution is -0.0408. The van der Waals surface area contributed by atoms with Crippen LogP contribution in [0.25, 0.3) is 0 Å². The molecule has 4 nitrogen and oxygen atoms in total. The van der Waals surface area contributed by atoms with Crippen molar-refractivity contribution in [2.45, 2.75) is 38.9 Å². The Hall–Kier alpha value is -0.390. The first-order valence-corrected chi connectivity index (χ1v) is 6.91. The Morgan fingerprint density at radius 3 is 2.76 bits per heavy atom. The topological polar surface area (TPSA) is 36.3 Å². The van der Waals surface area contributed by atoms with E-state index in [9.17, 15) is 0 Å². The zero-order valence-corrected chi connectivity index (χ0v) is 12.0. The van der Waals surface area contributed by atoms with Gasteiger partial charge >= 0.3 is 0 Å². The maximum Gasteiger partial charge on any atom is 0.0900 e. The van der Waals surface area contributed by atoms with Gasteiger partial charge in [0.2, 0.25) is 0 Å². The van der Waals surface area contributed by atoms with Gasteiger partial charge < -0.3 is 9.47 Å². The Bertz CT molecular complexity index is 373. The molecule has 1 aliphatic rings. The molecule has 0 bridgehead atoms. The van der Waals surface area contributed by atoms with Gasteiger partial charge in [0.15, 0.2) is 0 Å². The Balaban J connectivity index is 1.95. The molecule has 0 aliphatic carbocycles. The molecule has 2 rings (SSSR count). The molecule has 1 aromatic heterocycles. The molecular formula is C12H19BrN2O2. The van der Waals surface area contributed by atoms with E-state index in [0.29, 0.717) is 12.7 Å². The van der Waals surface area contributed by atoms with Crippen molar-refractivity contribution in [3.63, 3.8) is 0 Å². The van der Waals surface area contributed by atoms with E-state index in [4.69, 9.17) is 9.47 Å². The van der Waals surface area contributed by atoms with Crippen molar-refractivity contribution in [3.05, 3.63) is 15.9 Å². The number of halogens is 1. The molecule has 5 heteroatoms. The Kier molecular flexibility index (Phi) is 4.59. The minimum atomic E-state index is 0.329. The molecule has 17 heavy (non-hydrogen) atoms. The zero-order chi connectivity index (χ0) is 12.3. The maximum atomic E-state index is 5.92. The summed E-state index contributed by atoms with van der Waals surface area (Å²) in [6, 6.07) is 0. The van der Waals surface area contributed by atoms with E-state index in [1.54, 1.807) is 0 Å². The van der Waals surface area contributed by atoms with E-state index in [1.807, 2.05) is 11.7 Å². The van der Waals surface area contributed by atoms with Crippen LogP contribution in [0.5, 0.6) is 0 Å². The van der Waals surface area contributed by atoms with Gasteiger partial charge in [0.05, 0.1) is 28.6 Å². The fraction of sp³-hybridized carbons (Fsp3) is 0.750. The van der Waals surface area contributed by atoms with Gasteiger partial charge in [-0.15, -0.1) is 0 Å². The highest BCUT2D eigenvalue weighted by atomic mass is 79.9. The molecular weight excluding hydrogens is 284 g/mol. The normalized spacial score (nSPS) is 17.6. The van der Waals surface area contributed by atoms with Crippen molar-refractivity contribution in [1.29, 1.82) is 0 Å². The highest BCUT2D eigenvalue weighted by Crippen LogP contribution is 2.23. The number of aromatic nitrogens is 2. The predicted molar refractivity (Wildman–Crippen MR) is 68.9 cm³/mol. The molecule has 0 atom stereocenters. The molecule has 0 aromatic carbocycles. The minimum absolute atomic E-state index is 0.329. The van der Waals surface area contributed by atoms with E-state index in [-0.39, 0.29) is 0 Å². The van der Waals surface area contributed by atoms with Crippen LogP contribution >= 0.6 is 15.9 Å². The molecule has 0 spiro atoms. The van der Waals surface area contributed by atoms with Crippen LogP contribution in [0.1, 0.15) is 31.2 Å². The van der Waals surface area contributed by atoms with Gasteiger partial charge in [0.25, 0.3) is 0 Å². The van der Waals surface area contributed by atoms with E-state index in [0.717, 1.165) is 48.3 Å². The second-order valence-electron chi connectivity index (χ2n) is 4.31.